The number of esters is 1. The van der Waals surface area contributed by atoms with E-state index in [0.29, 0.717) is 30.9 Å². The summed E-state index contributed by atoms with van der Waals surface area (Å²) < 4.78 is 31.2. The molecule has 160 valence electrons. The van der Waals surface area contributed by atoms with Crippen LogP contribution in [0.1, 0.15) is 30.4 Å². The lowest BCUT2D eigenvalue weighted by Crippen LogP contribution is -2.62. The summed E-state index contributed by atoms with van der Waals surface area (Å²) >= 11 is 0. The number of alkyl halides is 1. The molecular weight excluding hydrogens is 385 g/mol. The monoisotopic (exact) mass is 413 g/mol. The molecule has 30 heavy (non-hydrogen) atoms. The number of carbonyl (C=O) groups is 1. The first kappa shape index (κ1) is 20.7. The van der Waals surface area contributed by atoms with E-state index in [9.17, 15) is 9.18 Å². The largest absolute Gasteiger partial charge is 0.497 e. The van der Waals surface area contributed by atoms with Gasteiger partial charge in [-0.25, -0.2) is 4.39 Å². The Hall–Kier alpha value is -2.60. The van der Waals surface area contributed by atoms with Gasteiger partial charge in [-0.05, 0) is 30.9 Å². The van der Waals surface area contributed by atoms with Crippen LogP contribution in [0.15, 0.2) is 48.5 Å². The normalized spacial score (nSPS) is 25.7. The van der Waals surface area contributed by atoms with Crippen molar-refractivity contribution in [3.8, 4) is 11.5 Å². The molecule has 2 saturated heterocycles. The Bertz CT molecular complexity index is 875. The Labute approximate surface area is 176 Å². The molecule has 1 aliphatic carbocycles. The molecule has 5 rings (SSSR count). The molecular formula is C24H28FNO4. The summed E-state index contributed by atoms with van der Waals surface area (Å²) in [5.74, 6) is 0.730. The zero-order valence-corrected chi connectivity index (χ0v) is 17.4. The molecule has 2 aromatic rings. The minimum Gasteiger partial charge on any atom is -0.497 e. The first-order chi connectivity index (χ1) is 14.6. The predicted octanol–water partition coefficient (Wildman–Crippen LogP) is 4.14. The first-order valence-corrected chi connectivity index (χ1v) is 10.4. The molecule has 1 unspecified atom stereocenters. The van der Waals surface area contributed by atoms with Gasteiger partial charge in [0.25, 0.3) is 0 Å². The molecule has 5 nitrogen and oxygen atoms in total. The second-order valence-corrected chi connectivity index (χ2v) is 8.03. The van der Waals surface area contributed by atoms with Gasteiger partial charge in [0.15, 0.2) is 0 Å². The molecule has 3 aliphatic rings. The minimum absolute atomic E-state index is 0.0195. The number of halogens is 1. The highest BCUT2D eigenvalue weighted by Gasteiger charge is 2.51. The number of hydrogen-bond donors (Lipinski definition) is 0. The van der Waals surface area contributed by atoms with Gasteiger partial charge >= 0.3 is 5.97 Å². The van der Waals surface area contributed by atoms with Gasteiger partial charge in [-0.1, -0.05) is 36.4 Å². The SMILES string of the molecule is COc1ccc(CN2[C@@H]3CC[C@H](C(F)C3)[C@H]2C(=O)OCc2ccccc2)c(OC)c1. The third-order valence-electron chi connectivity index (χ3n) is 6.34. The fraction of sp³-hybridized carbons (Fsp3) is 0.458. The molecule has 2 bridgehead atoms. The maximum absolute atomic E-state index is 14.7. The quantitative estimate of drug-likeness (QED) is 0.639. The Kier molecular flexibility index (Phi) is 6.23. The summed E-state index contributed by atoms with van der Waals surface area (Å²) in [6.07, 6.45) is 1.11. The summed E-state index contributed by atoms with van der Waals surface area (Å²) in [5, 5.41) is 0. The smallest absolute Gasteiger partial charge is 0.324 e. The van der Waals surface area contributed by atoms with E-state index in [-0.39, 0.29) is 24.5 Å². The average Bonchev–Trinajstić information content (AvgIpc) is 2.79. The van der Waals surface area contributed by atoms with Crippen LogP contribution in [0, 0.1) is 5.92 Å². The van der Waals surface area contributed by atoms with Crippen molar-refractivity contribution in [1.29, 1.82) is 0 Å². The second kappa shape index (κ2) is 9.04. The highest BCUT2D eigenvalue weighted by molar-refractivity contribution is 5.77. The molecule has 0 radical (unpaired) electrons. The number of hydrogen-bond acceptors (Lipinski definition) is 5. The molecule has 2 heterocycles. The number of fused-ring (bicyclic) bond motifs is 3. The highest BCUT2D eigenvalue weighted by Crippen LogP contribution is 2.43. The maximum Gasteiger partial charge on any atom is 0.324 e. The lowest BCUT2D eigenvalue weighted by Gasteiger charge is -2.51. The first-order valence-electron chi connectivity index (χ1n) is 10.4. The van der Waals surface area contributed by atoms with E-state index in [1.165, 1.54) is 0 Å². The third kappa shape index (κ3) is 4.15. The van der Waals surface area contributed by atoms with Crippen LogP contribution in [-0.2, 0) is 22.7 Å². The molecule has 0 aromatic heterocycles. The zero-order chi connectivity index (χ0) is 21.1. The van der Waals surface area contributed by atoms with E-state index in [4.69, 9.17) is 14.2 Å². The number of methoxy groups -OCH3 is 2. The van der Waals surface area contributed by atoms with Gasteiger partial charge in [0.2, 0.25) is 0 Å². The highest BCUT2D eigenvalue weighted by atomic mass is 19.1. The van der Waals surface area contributed by atoms with Gasteiger partial charge in [-0.15, -0.1) is 0 Å². The van der Waals surface area contributed by atoms with Crippen molar-refractivity contribution in [2.45, 2.75) is 50.7 Å². The summed E-state index contributed by atoms with van der Waals surface area (Å²) in [7, 11) is 3.22. The number of carbonyl (C=O) groups excluding carboxylic acids is 1. The zero-order valence-electron chi connectivity index (χ0n) is 17.4. The third-order valence-corrected chi connectivity index (χ3v) is 6.34. The summed E-state index contributed by atoms with van der Waals surface area (Å²) in [6, 6.07) is 14.7. The molecule has 6 heteroatoms. The lowest BCUT2D eigenvalue weighted by atomic mass is 9.73. The van der Waals surface area contributed by atoms with Crippen LogP contribution >= 0.6 is 0 Å². The predicted molar refractivity (Wildman–Crippen MR) is 111 cm³/mol. The van der Waals surface area contributed by atoms with Crippen LogP contribution in [0.2, 0.25) is 0 Å². The average molecular weight is 413 g/mol. The fourth-order valence-electron chi connectivity index (χ4n) is 4.78. The molecule has 2 aromatic carbocycles. The van der Waals surface area contributed by atoms with Crippen LogP contribution in [0.25, 0.3) is 0 Å². The molecule has 0 spiro atoms. The topological polar surface area (TPSA) is 48.0 Å². The van der Waals surface area contributed by atoms with Crippen molar-refractivity contribution in [2.75, 3.05) is 14.2 Å². The second-order valence-electron chi connectivity index (χ2n) is 8.03. The standard InChI is InChI=1S/C24H28FNO4/c1-28-19-10-8-17(22(13-19)29-2)14-26-18-9-11-20(21(25)12-18)23(26)24(27)30-15-16-6-4-3-5-7-16/h3-8,10,13,18,20-21,23H,9,11-12,14-15H2,1-2H3/t18-,20-,21?,23+/m1/s1. The Morgan fingerprint density at radius 3 is 2.60 bits per heavy atom. The van der Waals surface area contributed by atoms with Crippen LogP contribution in [0.5, 0.6) is 11.5 Å². The van der Waals surface area contributed by atoms with E-state index in [1.807, 2.05) is 48.5 Å². The molecule has 2 aliphatic heterocycles. The van der Waals surface area contributed by atoms with Gasteiger partial charge < -0.3 is 14.2 Å². The Balaban J connectivity index is 1.55. The van der Waals surface area contributed by atoms with E-state index in [1.54, 1.807) is 14.2 Å². The van der Waals surface area contributed by atoms with Crippen molar-refractivity contribution in [3.05, 3.63) is 59.7 Å². The number of nitrogens with zero attached hydrogens (tertiary/aromatic N) is 1. The van der Waals surface area contributed by atoms with E-state index >= 15 is 0 Å². The fourth-order valence-corrected chi connectivity index (χ4v) is 4.78. The van der Waals surface area contributed by atoms with Crippen molar-refractivity contribution in [3.63, 3.8) is 0 Å². The van der Waals surface area contributed by atoms with Gasteiger partial charge in [-0.2, -0.15) is 0 Å². The number of ether oxygens (including phenoxy) is 3. The van der Waals surface area contributed by atoms with Crippen molar-refractivity contribution in [1.82, 2.24) is 4.90 Å². The summed E-state index contributed by atoms with van der Waals surface area (Å²) in [4.78, 5) is 15.2. The van der Waals surface area contributed by atoms with Crippen molar-refractivity contribution in [2.24, 2.45) is 5.92 Å². The van der Waals surface area contributed by atoms with Gasteiger partial charge in [0.1, 0.15) is 30.3 Å². The van der Waals surface area contributed by atoms with Crippen LogP contribution in [0.4, 0.5) is 4.39 Å². The number of rotatable bonds is 7. The molecule has 4 atom stereocenters. The molecule has 3 fully saturated rings. The van der Waals surface area contributed by atoms with Crippen LogP contribution in [0.3, 0.4) is 0 Å². The van der Waals surface area contributed by atoms with E-state index in [0.717, 1.165) is 17.5 Å². The minimum atomic E-state index is -0.966. The van der Waals surface area contributed by atoms with Crippen LogP contribution < -0.4 is 9.47 Å². The van der Waals surface area contributed by atoms with Crippen molar-refractivity contribution >= 4 is 5.97 Å². The Morgan fingerprint density at radius 2 is 1.90 bits per heavy atom. The summed E-state index contributed by atoms with van der Waals surface area (Å²) in [6.45, 7) is 0.705. The molecule has 1 saturated carbocycles. The lowest BCUT2D eigenvalue weighted by molar-refractivity contribution is -0.166. The van der Waals surface area contributed by atoms with E-state index in [2.05, 4.69) is 4.90 Å². The van der Waals surface area contributed by atoms with Gasteiger partial charge in [0, 0.05) is 30.1 Å². The number of benzene rings is 2. The number of piperidine rings is 2. The van der Waals surface area contributed by atoms with Crippen molar-refractivity contribution < 1.29 is 23.4 Å². The van der Waals surface area contributed by atoms with Gasteiger partial charge in [0.05, 0.1) is 14.2 Å². The molecule has 0 N–H and O–H groups in total. The maximum atomic E-state index is 14.7. The molecule has 0 amide bonds. The summed E-state index contributed by atoms with van der Waals surface area (Å²) in [5.41, 5.74) is 1.87. The van der Waals surface area contributed by atoms with E-state index < -0.39 is 12.2 Å². The van der Waals surface area contributed by atoms with Crippen LogP contribution in [-0.4, -0.2) is 43.3 Å². The van der Waals surface area contributed by atoms with Gasteiger partial charge in [-0.3, -0.25) is 9.69 Å². The Morgan fingerprint density at radius 1 is 1.10 bits per heavy atom.